The van der Waals surface area contributed by atoms with Gasteiger partial charge in [-0.25, -0.2) is 0 Å². The summed E-state index contributed by atoms with van der Waals surface area (Å²) >= 11 is 0. The van der Waals surface area contributed by atoms with Crippen molar-refractivity contribution >= 4 is 14.1 Å². The van der Waals surface area contributed by atoms with E-state index in [4.69, 9.17) is 4.43 Å². The van der Waals surface area contributed by atoms with Gasteiger partial charge in [-0.1, -0.05) is 33.6 Å². The van der Waals surface area contributed by atoms with Crippen LogP contribution in [-0.2, 0) is 9.22 Å². The van der Waals surface area contributed by atoms with E-state index in [1.54, 1.807) is 0 Å². The van der Waals surface area contributed by atoms with Crippen LogP contribution in [0.15, 0.2) is 0 Å². The minimum Gasteiger partial charge on any atom is -0.407 e. The topological polar surface area (TPSA) is 26.3 Å². The summed E-state index contributed by atoms with van der Waals surface area (Å²) in [7, 11) is -1.78. The molecule has 0 saturated heterocycles. The molecule has 0 aromatic heterocycles. The zero-order chi connectivity index (χ0) is 12.4. The quantitative estimate of drug-likeness (QED) is 0.542. The van der Waals surface area contributed by atoms with Crippen LogP contribution in [0.4, 0.5) is 0 Å². The highest BCUT2D eigenvalue weighted by Crippen LogP contribution is 2.38. The maximum absolute atomic E-state index is 11.9. The predicted octanol–water partition coefficient (Wildman–Crippen LogP) is 3.91. The van der Waals surface area contributed by atoms with Gasteiger partial charge >= 0.3 is 0 Å². The summed E-state index contributed by atoms with van der Waals surface area (Å²) < 4.78 is 6.22. The molecule has 0 radical (unpaired) electrons. The highest BCUT2D eigenvalue weighted by atomic mass is 28.4. The molecule has 1 fully saturated rings. The Hall–Kier alpha value is -0.153. The van der Waals surface area contributed by atoms with Crippen molar-refractivity contribution in [1.29, 1.82) is 0 Å². The van der Waals surface area contributed by atoms with Crippen LogP contribution in [0.2, 0.25) is 18.1 Å². The van der Waals surface area contributed by atoms with Gasteiger partial charge in [-0.3, -0.25) is 4.79 Å². The van der Waals surface area contributed by atoms with E-state index in [1.165, 1.54) is 6.42 Å². The van der Waals surface area contributed by atoms with Gasteiger partial charge in [-0.15, -0.1) is 0 Å². The van der Waals surface area contributed by atoms with Crippen molar-refractivity contribution in [3.05, 3.63) is 0 Å². The van der Waals surface area contributed by atoms with Crippen molar-refractivity contribution in [1.82, 2.24) is 0 Å². The van der Waals surface area contributed by atoms with E-state index in [0.717, 1.165) is 25.7 Å². The summed E-state index contributed by atoms with van der Waals surface area (Å²) in [5.41, 5.74) is 0. The Labute approximate surface area is 101 Å². The van der Waals surface area contributed by atoms with E-state index in [2.05, 4.69) is 33.9 Å². The lowest BCUT2D eigenvalue weighted by Crippen LogP contribution is -2.45. The number of ketones is 1. The molecule has 2 nitrogen and oxygen atoms in total. The van der Waals surface area contributed by atoms with Gasteiger partial charge in [0, 0.05) is 6.42 Å². The molecule has 1 atom stereocenters. The van der Waals surface area contributed by atoms with E-state index >= 15 is 0 Å². The second kappa shape index (κ2) is 5.01. The molecular weight excluding hydrogens is 216 g/mol. The van der Waals surface area contributed by atoms with Gasteiger partial charge in [0.15, 0.2) is 14.1 Å². The third kappa shape index (κ3) is 3.42. The van der Waals surface area contributed by atoms with Crippen molar-refractivity contribution in [3.8, 4) is 0 Å². The zero-order valence-corrected chi connectivity index (χ0v) is 12.4. The lowest BCUT2D eigenvalue weighted by Gasteiger charge is -2.38. The molecule has 0 spiro atoms. The van der Waals surface area contributed by atoms with Crippen LogP contribution in [0.25, 0.3) is 0 Å². The van der Waals surface area contributed by atoms with Crippen LogP contribution in [0.1, 0.15) is 52.9 Å². The molecule has 1 rings (SSSR count). The molecule has 0 heterocycles. The van der Waals surface area contributed by atoms with Gasteiger partial charge in [0.1, 0.15) is 6.10 Å². The maximum atomic E-state index is 11.9. The smallest absolute Gasteiger partial charge is 0.193 e. The minimum absolute atomic E-state index is 0.108. The Morgan fingerprint density at radius 3 is 2.38 bits per heavy atom. The monoisotopic (exact) mass is 242 g/mol. The second-order valence-corrected chi connectivity index (χ2v) is 11.2. The fraction of sp³-hybridized carbons (Fsp3) is 0.923. The fourth-order valence-electron chi connectivity index (χ4n) is 1.78. The summed E-state index contributed by atoms with van der Waals surface area (Å²) in [4.78, 5) is 11.9. The Morgan fingerprint density at radius 2 is 1.81 bits per heavy atom. The fourth-order valence-corrected chi connectivity index (χ4v) is 3.10. The Morgan fingerprint density at radius 1 is 1.19 bits per heavy atom. The van der Waals surface area contributed by atoms with Crippen LogP contribution in [-0.4, -0.2) is 20.2 Å². The third-order valence-electron chi connectivity index (χ3n) is 3.99. The third-order valence-corrected chi connectivity index (χ3v) is 8.48. The first-order valence-corrected chi connectivity index (χ1v) is 9.35. The van der Waals surface area contributed by atoms with Crippen LogP contribution in [0.3, 0.4) is 0 Å². The van der Waals surface area contributed by atoms with Gasteiger partial charge in [-0.05, 0) is 31.0 Å². The van der Waals surface area contributed by atoms with Crippen LogP contribution < -0.4 is 0 Å². The molecule has 0 amide bonds. The number of carbonyl (C=O) groups is 1. The number of carbonyl (C=O) groups excluding carboxylic acids is 1. The summed E-state index contributed by atoms with van der Waals surface area (Å²) in [5, 5.41) is 0.194. The molecule has 1 saturated carbocycles. The summed E-state index contributed by atoms with van der Waals surface area (Å²) in [5.74, 6) is 0.335. The van der Waals surface area contributed by atoms with Gasteiger partial charge in [0.25, 0.3) is 0 Å². The molecule has 0 N–H and O–H groups in total. The first kappa shape index (κ1) is 13.9. The van der Waals surface area contributed by atoms with Crippen molar-refractivity contribution < 1.29 is 9.22 Å². The normalized spacial score (nSPS) is 24.3. The van der Waals surface area contributed by atoms with E-state index in [-0.39, 0.29) is 11.1 Å². The Kier molecular flexibility index (Phi) is 4.35. The summed E-state index contributed by atoms with van der Waals surface area (Å²) in [6.07, 6.45) is 4.93. The van der Waals surface area contributed by atoms with Gasteiger partial charge < -0.3 is 4.43 Å². The number of hydrogen-bond acceptors (Lipinski definition) is 2. The van der Waals surface area contributed by atoms with Crippen LogP contribution >= 0.6 is 0 Å². The standard InChI is InChI=1S/C13H26O2Si/c1-13(2,3)16(4,5)15-12-10-8-6-7-9-11(12)14/h12H,6-10H2,1-5H3. The second-order valence-electron chi connectivity index (χ2n) is 6.43. The summed E-state index contributed by atoms with van der Waals surface area (Å²) in [6, 6.07) is 0. The summed E-state index contributed by atoms with van der Waals surface area (Å²) in [6.45, 7) is 11.1. The van der Waals surface area contributed by atoms with E-state index < -0.39 is 8.32 Å². The highest BCUT2D eigenvalue weighted by Gasteiger charge is 2.40. The highest BCUT2D eigenvalue weighted by molar-refractivity contribution is 6.74. The molecular formula is C13H26O2Si. The maximum Gasteiger partial charge on any atom is 0.193 e. The lowest BCUT2D eigenvalue weighted by atomic mass is 10.1. The van der Waals surface area contributed by atoms with Crippen molar-refractivity contribution in [3.63, 3.8) is 0 Å². The van der Waals surface area contributed by atoms with Crippen molar-refractivity contribution in [2.75, 3.05) is 0 Å². The molecule has 94 valence electrons. The lowest BCUT2D eigenvalue weighted by molar-refractivity contribution is -0.126. The van der Waals surface area contributed by atoms with Crippen molar-refractivity contribution in [2.24, 2.45) is 0 Å². The van der Waals surface area contributed by atoms with E-state index in [1.807, 2.05) is 0 Å². The SMILES string of the molecule is CC(C)(C)[Si](C)(C)OC1CCCCCC1=O. The molecule has 3 heteroatoms. The molecule has 0 aromatic rings. The Balaban J connectivity index is 2.67. The molecule has 0 aliphatic heterocycles. The van der Waals surface area contributed by atoms with E-state index in [9.17, 15) is 4.79 Å². The minimum atomic E-state index is -1.78. The molecule has 0 aromatic carbocycles. The Bertz CT molecular complexity index is 253. The van der Waals surface area contributed by atoms with Gasteiger partial charge in [0.05, 0.1) is 0 Å². The van der Waals surface area contributed by atoms with Gasteiger partial charge in [-0.2, -0.15) is 0 Å². The average molecular weight is 242 g/mol. The number of Topliss-reactive ketones (excluding diaryl/α,β-unsaturated/α-hetero) is 1. The predicted molar refractivity (Wildman–Crippen MR) is 70.2 cm³/mol. The average Bonchev–Trinajstić information content (AvgIpc) is 2.30. The number of rotatable bonds is 2. The van der Waals surface area contributed by atoms with Gasteiger partial charge in [0.2, 0.25) is 0 Å². The first-order valence-electron chi connectivity index (χ1n) is 6.44. The molecule has 1 unspecified atom stereocenters. The van der Waals surface area contributed by atoms with E-state index in [0.29, 0.717) is 5.78 Å². The van der Waals surface area contributed by atoms with Crippen molar-refractivity contribution in [2.45, 2.75) is 77.1 Å². The molecule has 1 aliphatic rings. The van der Waals surface area contributed by atoms with Crippen LogP contribution in [0, 0.1) is 0 Å². The zero-order valence-electron chi connectivity index (χ0n) is 11.4. The van der Waals surface area contributed by atoms with Crippen LogP contribution in [0.5, 0.6) is 0 Å². The molecule has 1 aliphatic carbocycles. The molecule has 0 bridgehead atoms. The number of hydrogen-bond donors (Lipinski definition) is 0. The molecule has 16 heavy (non-hydrogen) atoms. The first-order chi connectivity index (χ1) is 7.24. The largest absolute Gasteiger partial charge is 0.407 e.